The number of hydrogen-bond acceptors (Lipinski definition) is 7. The monoisotopic (exact) mass is 395 g/mol. The summed E-state index contributed by atoms with van der Waals surface area (Å²) in [6, 6.07) is 13.1. The van der Waals surface area contributed by atoms with E-state index in [-0.39, 0.29) is 5.91 Å². The molecule has 0 atom stereocenters. The summed E-state index contributed by atoms with van der Waals surface area (Å²) in [6.45, 7) is 4.37. The van der Waals surface area contributed by atoms with Gasteiger partial charge in [-0.25, -0.2) is 15.3 Å². The molecule has 1 aromatic carbocycles. The number of amidine groups is 1. The van der Waals surface area contributed by atoms with Gasteiger partial charge in [-0.3, -0.25) is 14.7 Å². The zero-order valence-electron chi connectivity index (χ0n) is 16.4. The number of nitrogens with zero attached hydrogens (tertiary/aromatic N) is 3. The normalized spacial score (nSPS) is 18.2. The van der Waals surface area contributed by atoms with E-state index in [0.717, 1.165) is 30.2 Å². The molecule has 8 nitrogen and oxygen atoms in total. The van der Waals surface area contributed by atoms with Crippen molar-refractivity contribution in [2.45, 2.75) is 25.5 Å². The number of carbonyl (C=O) groups excluding carboxylic acids is 1. The lowest BCUT2D eigenvalue weighted by molar-refractivity contribution is -0.120. The lowest BCUT2D eigenvalue weighted by Gasteiger charge is -2.35. The molecule has 8 heteroatoms. The van der Waals surface area contributed by atoms with Crippen LogP contribution in [0.15, 0.2) is 53.7 Å². The first-order valence-corrected chi connectivity index (χ1v) is 9.86. The molecule has 152 valence electrons. The summed E-state index contributed by atoms with van der Waals surface area (Å²) < 4.78 is 5.42. The van der Waals surface area contributed by atoms with E-state index >= 15 is 0 Å². The van der Waals surface area contributed by atoms with Gasteiger partial charge in [0.15, 0.2) is 11.6 Å². The number of benzene rings is 1. The third kappa shape index (κ3) is 4.72. The average Bonchev–Trinajstić information content (AvgIpc) is 3.16. The fourth-order valence-corrected chi connectivity index (χ4v) is 3.48. The summed E-state index contributed by atoms with van der Waals surface area (Å²) in [5.41, 5.74) is 3.87. The van der Waals surface area contributed by atoms with Crippen LogP contribution < -0.4 is 15.5 Å². The number of anilines is 1. The molecule has 0 unspecified atom stereocenters. The number of nitrogens with one attached hydrogen (secondary N) is 2. The molecule has 1 aromatic heterocycles. The maximum atomic E-state index is 12.4. The van der Waals surface area contributed by atoms with Crippen molar-refractivity contribution in [2.24, 2.45) is 4.99 Å². The molecule has 2 aromatic rings. The van der Waals surface area contributed by atoms with Crippen molar-refractivity contribution in [2.75, 3.05) is 31.6 Å². The highest BCUT2D eigenvalue weighted by molar-refractivity contribution is 5.97. The van der Waals surface area contributed by atoms with Crippen molar-refractivity contribution < 1.29 is 14.4 Å². The molecule has 0 radical (unpaired) electrons. The molecule has 29 heavy (non-hydrogen) atoms. The van der Waals surface area contributed by atoms with Crippen LogP contribution in [0, 0.1) is 0 Å². The smallest absolute Gasteiger partial charge is 0.238 e. The Morgan fingerprint density at radius 3 is 2.72 bits per heavy atom. The number of piperidine rings is 1. The molecule has 0 aliphatic carbocycles. The second kappa shape index (κ2) is 8.59. The lowest BCUT2D eigenvalue weighted by atomic mass is 10.0. The second-order valence-electron chi connectivity index (χ2n) is 7.11. The molecule has 0 bridgehead atoms. The number of aromatic nitrogens is 1. The van der Waals surface area contributed by atoms with Gasteiger partial charge in [0, 0.05) is 37.8 Å². The molecule has 3 heterocycles. The van der Waals surface area contributed by atoms with Crippen LogP contribution in [-0.4, -0.2) is 53.6 Å². The largest absolute Gasteiger partial charge is 0.494 e. The Bertz CT molecular complexity index is 862. The van der Waals surface area contributed by atoms with Gasteiger partial charge in [-0.15, -0.1) is 0 Å². The van der Waals surface area contributed by atoms with Gasteiger partial charge in [-0.05, 0) is 43.3 Å². The van der Waals surface area contributed by atoms with Crippen LogP contribution in [0.3, 0.4) is 0 Å². The van der Waals surface area contributed by atoms with Crippen LogP contribution in [-0.2, 0) is 9.63 Å². The Hall–Kier alpha value is -2.97. The van der Waals surface area contributed by atoms with Gasteiger partial charge in [0.05, 0.1) is 13.2 Å². The SMILES string of the molecule is CCOc1ccc(NC(=O)CN2CCC3(CC2)N=C(c2ccccn2)NO3)cc1. The van der Waals surface area contributed by atoms with Crippen LogP contribution in [0.2, 0.25) is 0 Å². The minimum absolute atomic E-state index is 0.0340. The molecule has 2 N–H and O–H groups in total. The summed E-state index contributed by atoms with van der Waals surface area (Å²) in [4.78, 5) is 29.3. The van der Waals surface area contributed by atoms with E-state index in [1.807, 2.05) is 49.4 Å². The Labute approximate surface area is 169 Å². The third-order valence-corrected chi connectivity index (χ3v) is 5.01. The van der Waals surface area contributed by atoms with Crippen LogP contribution in [0.1, 0.15) is 25.5 Å². The summed E-state index contributed by atoms with van der Waals surface area (Å²) >= 11 is 0. The van der Waals surface area contributed by atoms with Crippen LogP contribution in [0.25, 0.3) is 0 Å². The number of hydrogen-bond donors (Lipinski definition) is 2. The predicted molar refractivity (Wildman–Crippen MR) is 110 cm³/mol. The number of aliphatic imine (C=N–C) groups is 1. The Kier molecular flexibility index (Phi) is 5.73. The lowest BCUT2D eigenvalue weighted by Crippen LogP contribution is -2.46. The Balaban J connectivity index is 1.28. The first-order valence-electron chi connectivity index (χ1n) is 9.86. The van der Waals surface area contributed by atoms with E-state index in [2.05, 4.69) is 20.7 Å². The molecule has 0 saturated carbocycles. The summed E-state index contributed by atoms with van der Waals surface area (Å²) in [5, 5.41) is 2.93. The standard InChI is InChI=1S/C21H25N5O3/c1-2-28-17-8-6-16(7-9-17)23-19(27)15-26-13-10-21(11-14-26)24-20(25-29-21)18-5-3-4-12-22-18/h3-9,12H,2,10-11,13-15H2,1H3,(H,23,27)(H,24,25). The number of likely N-dealkylation sites (tertiary alicyclic amines) is 1. The summed E-state index contributed by atoms with van der Waals surface area (Å²) in [5.74, 6) is 1.42. The predicted octanol–water partition coefficient (Wildman–Crippen LogP) is 2.19. The van der Waals surface area contributed by atoms with E-state index < -0.39 is 5.72 Å². The third-order valence-electron chi connectivity index (χ3n) is 5.01. The van der Waals surface area contributed by atoms with Crippen LogP contribution in [0.5, 0.6) is 5.75 Å². The highest BCUT2D eigenvalue weighted by atomic mass is 16.7. The van der Waals surface area contributed by atoms with Crippen molar-refractivity contribution in [3.63, 3.8) is 0 Å². The maximum Gasteiger partial charge on any atom is 0.238 e. The van der Waals surface area contributed by atoms with Gasteiger partial charge in [0.25, 0.3) is 0 Å². The minimum Gasteiger partial charge on any atom is -0.494 e. The average molecular weight is 395 g/mol. The number of hydroxylamine groups is 1. The number of pyridine rings is 1. The summed E-state index contributed by atoms with van der Waals surface area (Å²) in [7, 11) is 0. The highest BCUT2D eigenvalue weighted by Gasteiger charge is 2.40. The Morgan fingerprint density at radius 2 is 2.03 bits per heavy atom. The highest BCUT2D eigenvalue weighted by Crippen LogP contribution is 2.30. The molecule has 1 spiro atoms. The number of ether oxygens (including phenoxy) is 1. The number of carbonyl (C=O) groups is 1. The molecule has 2 aliphatic rings. The first-order chi connectivity index (χ1) is 14.2. The second-order valence-corrected chi connectivity index (χ2v) is 7.11. The van der Waals surface area contributed by atoms with Gasteiger partial charge in [0.1, 0.15) is 11.4 Å². The fraction of sp³-hybridized carbons (Fsp3) is 0.381. The van der Waals surface area contributed by atoms with E-state index in [0.29, 0.717) is 31.8 Å². The van der Waals surface area contributed by atoms with E-state index in [4.69, 9.17) is 14.6 Å². The van der Waals surface area contributed by atoms with Gasteiger partial charge < -0.3 is 10.1 Å². The van der Waals surface area contributed by atoms with Crippen LogP contribution in [0.4, 0.5) is 5.69 Å². The molecule has 2 aliphatic heterocycles. The number of rotatable bonds is 6. The van der Waals surface area contributed by atoms with Gasteiger partial charge in [-0.2, -0.15) is 0 Å². The van der Waals surface area contributed by atoms with Gasteiger partial charge in [-0.1, -0.05) is 6.07 Å². The topological polar surface area (TPSA) is 88.1 Å². The molecule has 4 rings (SSSR count). The maximum absolute atomic E-state index is 12.4. The zero-order valence-corrected chi connectivity index (χ0v) is 16.4. The fourth-order valence-electron chi connectivity index (χ4n) is 3.48. The number of amides is 1. The van der Waals surface area contributed by atoms with E-state index in [9.17, 15) is 4.79 Å². The van der Waals surface area contributed by atoms with E-state index in [1.54, 1.807) is 6.20 Å². The van der Waals surface area contributed by atoms with Crippen molar-refractivity contribution in [1.29, 1.82) is 0 Å². The molecular weight excluding hydrogens is 370 g/mol. The molecule has 1 amide bonds. The summed E-state index contributed by atoms with van der Waals surface area (Å²) in [6.07, 6.45) is 3.16. The minimum atomic E-state index is -0.574. The van der Waals surface area contributed by atoms with Crippen molar-refractivity contribution in [3.05, 3.63) is 54.4 Å². The van der Waals surface area contributed by atoms with Gasteiger partial charge >= 0.3 is 0 Å². The van der Waals surface area contributed by atoms with Crippen LogP contribution >= 0.6 is 0 Å². The van der Waals surface area contributed by atoms with Crippen molar-refractivity contribution >= 4 is 17.4 Å². The van der Waals surface area contributed by atoms with Crippen molar-refractivity contribution in [1.82, 2.24) is 15.4 Å². The zero-order chi connectivity index (χ0) is 20.1. The first kappa shape index (κ1) is 19.4. The van der Waals surface area contributed by atoms with E-state index in [1.165, 1.54) is 0 Å². The Morgan fingerprint density at radius 1 is 1.24 bits per heavy atom. The van der Waals surface area contributed by atoms with Crippen molar-refractivity contribution in [3.8, 4) is 5.75 Å². The van der Waals surface area contributed by atoms with Gasteiger partial charge in [0.2, 0.25) is 5.91 Å². The molecular formula is C21H25N5O3. The molecule has 1 saturated heterocycles. The molecule has 1 fully saturated rings. The quantitative estimate of drug-likeness (QED) is 0.780.